The first-order valence-electron chi connectivity index (χ1n) is 7.60. The number of benzene rings is 2. The van der Waals surface area contributed by atoms with Crippen molar-refractivity contribution in [1.29, 1.82) is 0 Å². The highest BCUT2D eigenvalue weighted by atomic mass is 32.2. The minimum Gasteiger partial charge on any atom is -0.404 e. The van der Waals surface area contributed by atoms with Gasteiger partial charge < -0.3 is 4.52 Å². The third-order valence-corrected chi connectivity index (χ3v) is 7.00. The zero-order chi connectivity index (χ0) is 15.7. The highest BCUT2D eigenvalue weighted by Crippen LogP contribution is 2.60. The molecule has 0 amide bonds. The Kier molecular flexibility index (Phi) is 4.20. The third-order valence-electron chi connectivity index (χ3n) is 3.99. The summed E-state index contributed by atoms with van der Waals surface area (Å²) >= 11 is 1.83. The molecule has 0 saturated carbocycles. The maximum atomic E-state index is 12.7. The minimum atomic E-state index is -3.54. The van der Waals surface area contributed by atoms with E-state index in [0.717, 1.165) is 6.42 Å². The molecule has 6 heteroatoms. The number of hydrogen-bond donors (Lipinski definition) is 0. The summed E-state index contributed by atoms with van der Waals surface area (Å²) in [5.41, 5.74) is 1.27. The van der Waals surface area contributed by atoms with Crippen LogP contribution in [0.15, 0.2) is 60.7 Å². The van der Waals surface area contributed by atoms with Gasteiger partial charge in [-0.25, -0.2) is 4.57 Å². The van der Waals surface area contributed by atoms with Crippen molar-refractivity contribution in [1.82, 2.24) is 0 Å². The van der Waals surface area contributed by atoms with Crippen molar-refractivity contribution >= 4 is 19.6 Å². The normalized spacial score (nSPS) is 33.1. The highest BCUT2D eigenvalue weighted by Gasteiger charge is 2.47. The number of rotatable bonds is 3. The Balaban J connectivity index is 1.46. The van der Waals surface area contributed by atoms with Crippen LogP contribution < -0.4 is 4.52 Å². The van der Waals surface area contributed by atoms with Crippen LogP contribution in [-0.4, -0.2) is 18.0 Å². The van der Waals surface area contributed by atoms with Gasteiger partial charge in [0, 0.05) is 5.25 Å². The lowest BCUT2D eigenvalue weighted by Crippen LogP contribution is -2.31. The number of phosphoric ester groups is 1. The highest BCUT2D eigenvalue weighted by molar-refractivity contribution is 8.00. The molecule has 4 rings (SSSR count). The molecule has 4 atom stereocenters. The molecule has 2 heterocycles. The second-order valence-corrected chi connectivity index (χ2v) is 8.59. The summed E-state index contributed by atoms with van der Waals surface area (Å²) in [6.07, 6.45) is 0.721. The van der Waals surface area contributed by atoms with Gasteiger partial charge in [-0.2, -0.15) is 0 Å². The quantitative estimate of drug-likeness (QED) is 0.743. The van der Waals surface area contributed by atoms with E-state index in [0.29, 0.717) is 17.6 Å². The zero-order valence-corrected chi connectivity index (χ0v) is 14.1. The van der Waals surface area contributed by atoms with Crippen LogP contribution in [0.25, 0.3) is 0 Å². The van der Waals surface area contributed by atoms with Crippen LogP contribution in [0.3, 0.4) is 0 Å². The van der Waals surface area contributed by atoms with E-state index in [1.165, 1.54) is 5.56 Å². The zero-order valence-electron chi connectivity index (χ0n) is 12.4. The maximum absolute atomic E-state index is 12.7. The number of hydrogen-bond acceptors (Lipinski definition) is 5. The minimum absolute atomic E-state index is 0.103. The lowest BCUT2D eigenvalue weighted by molar-refractivity contribution is 0.0586. The average Bonchev–Trinajstić information content (AvgIpc) is 2.99. The number of fused-ring (bicyclic) bond motifs is 1. The van der Waals surface area contributed by atoms with Crippen molar-refractivity contribution in [2.45, 2.75) is 23.0 Å². The molecule has 0 radical (unpaired) electrons. The van der Waals surface area contributed by atoms with E-state index in [9.17, 15) is 4.57 Å². The van der Waals surface area contributed by atoms with Gasteiger partial charge in [0.05, 0.1) is 18.0 Å². The molecule has 120 valence electrons. The van der Waals surface area contributed by atoms with Crippen LogP contribution in [0.2, 0.25) is 0 Å². The predicted molar refractivity (Wildman–Crippen MR) is 90.7 cm³/mol. The van der Waals surface area contributed by atoms with Gasteiger partial charge in [-0.05, 0) is 24.1 Å². The fourth-order valence-electron chi connectivity index (χ4n) is 2.88. The van der Waals surface area contributed by atoms with Gasteiger partial charge in [0.15, 0.2) is 0 Å². The number of thioether (sulfide) groups is 1. The van der Waals surface area contributed by atoms with Gasteiger partial charge in [0.2, 0.25) is 0 Å². The number of para-hydroxylation sites is 1. The molecule has 2 aliphatic rings. The average molecular weight is 348 g/mol. The molecule has 23 heavy (non-hydrogen) atoms. The first kappa shape index (κ1) is 15.3. The van der Waals surface area contributed by atoms with Gasteiger partial charge in [0.25, 0.3) is 0 Å². The fraction of sp³-hybridized carbons (Fsp3) is 0.294. The molecule has 0 aromatic heterocycles. The Labute approximate surface area is 139 Å². The second kappa shape index (κ2) is 6.33. The van der Waals surface area contributed by atoms with Gasteiger partial charge in [-0.1, -0.05) is 48.5 Å². The van der Waals surface area contributed by atoms with Crippen LogP contribution in [0, 0.1) is 0 Å². The van der Waals surface area contributed by atoms with Crippen LogP contribution in [0.1, 0.15) is 17.2 Å². The molecular formula is C17H17O4PS. The van der Waals surface area contributed by atoms with Crippen LogP contribution in [0.5, 0.6) is 5.75 Å². The molecule has 0 spiro atoms. The van der Waals surface area contributed by atoms with E-state index in [2.05, 4.69) is 12.1 Å². The largest absolute Gasteiger partial charge is 0.530 e. The monoisotopic (exact) mass is 348 g/mol. The van der Waals surface area contributed by atoms with Crippen molar-refractivity contribution in [3.05, 3.63) is 66.2 Å². The Morgan fingerprint density at radius 2 is 1.74 bits per heavy atom. The van der Waals surface area contributed by atoms with Crippen molar-refractivity contribution in [3.63, 3.8) is 0 Å². The van der Waals surface area contributed by atoms with Crippen LogP contribution >= 0.6 is 19.6 Å². The molecule has 2 saturated heterocycles. The molecule has 0 unspecified atom stereocenters. The summed E-state index contributed by atoms with van der Waals surface area (Å²) in [6, 6.07) is 19.3. The van der Waals surface area contributed by atoms with E-state index in [4.69, 9.17) is 13.6 Å². The maximum Gasteiger partial charge on any atom is 0.530 e. The second-order valence-electron chi connectivity index (χ2n) is 5.60. The van der Waals surface area contributed by atoms with Crippen LogP contribution in [-0.2, 0) is 13.6 Å². The molecule has 2 fully saturated rings. The SMILES string of the molecule is O=[P@]1(Oc2ccccc2)OC[C@@H]2S[C@@H](c3ccccc3)C[C@@H]2O1. The number of phosphoric acid groups is 1. The van der Waals surface area contributed by atoms with E-state index >= 15 is 0 Å². The summed E-state index contributed by atoms with van der Waals surface area (Å²) in [5.74, 6) is 0.500. The van der Waals surface area contributed by atoms with Crippen LogP contribution in [0.4, 0.5) is 0 Å². The topological polar surface area (TPSA) is 44.8 Å². The summed E-state index contributed by atoms with van der Waals surface area (Å²) in [4.78, 5) is 0. The summed E-state index contributed by atoms with van der Waals surface area (Å²) in [6.45, 7) is 0.392. The molecule has 2 aromatic carbocycles. The van der Waals surface area contributed by atoms with Gasteiger partial charge in [-0.3, -0.25) is 9.05 Å². The van der Waals surface area contributed by atoms with E-state index in [1.807, 2.05) is 48.2 Å². The first-order chi connectivity index (χ1) is 11.2. The first-order valence-corrected chi connectivity index (χ1v) is 10.0. The molecule has 0 aliphatic carbocycles. The van der Waals surface area contributed by atoms with Crippen molar-refractivity contribution < 1.29 is 18.1 Å². The molecule has 2 aliphatic heterocycles. The Bertz CT molecular complexity index is 709. The van der Waals surface area contributed by atoms with E-state index in [1.54, 1.807) is 12.1 Å². The standard InChI is InChI=1S/C17H17O4PS/c18-22(20-14-9-5-2-6-10-14)19-12-17-15(21-22)11-16(23-17)13-7-3-1-4-8-13/h1-10,15-17H,11-12H2/t15-,16+,17-,22+/m0/s1. The Morgan fingerprint density at radius 3 is 2.48 bits per heavy atom. The fourth-order valence-corrected chi connectivity index (χ4v) is 6.03. The van der Waals surface area contributed by atoms with Gasteiger partial charge in [-0.15, -0.1) is 11.8 Å². The predicted octanol–water partition coefficient (Wildman–Crippen LogP) is 4.84. The lowest BCUT2D eigenvalue weighted by Gasteiger charge is -2.30. The van der Waals surface area contributed by atoms with Crippen molar-refractivity contribution in [2.75, 3.05) is 6.61 Å². The van der Waals surface area contributed by atoms with Gasteiger partial charge in [0.1, 0.15) is 5.75 Å². The van der Waals surface area contributed by atoms with Gasteiger partial charge >= 0.3 is 7.82 Å². The smallest absolute Gasteiger partial charge is 0.404 e. The lowest BCUT2D eigenvalue weighted by atomic mass is 10.1. The summed E-state index contributed by atoms with van der Waals surface area (Å²) in [5, 5.41) is 0.541. The van der Waals surface area contributed by atoms with Crippen molar-refractivity contribution in [3.8, 4) is 5.75 Å². The third kappa shape index (κ3) is 3.33. The molecule has 2 aromatic rings. The Hall–Kier alpha value is -1.26. The van der Waals surface area contributed by atoms with E-state index < -0.39 is 7.82 Å². The van der Waals surface area contributed by atoms with E-state index in [-0.39, 0.29) is 11.4 Å². The summed E-state index contributed by atoms with van der Waals surface area (Å²) < 4.78 is 29.4. The molecule has 0 N–H and O–H groups in total. The molecule has 0 bridgehead atoms. The molecular weight excluding hydrogens is 331 g/mol. The summed E-state index contributed by atoms with van der Waals surface area (Å²) in [7, 11) is -3.54. The molecule has 4 nitrogen and oxygen atoms in total. The Morgan fingerprint density at radius 1 is 1.04 bits per heavy atom. The van der Waals surface area contributed by atoms with Crippen molar-refractivity contribution in [2.24, 2.45) is 0 Å².